The molecule has 30 heavy (non-hydrogen) atoms. The average molecular weight is 411 g/mol. The standard InChI is InChI=1S/C24H30N2O4/c1-13(27)24(30-14(2)28)10-8-17-16-6-5-15-11-20(29)21-19(12-25-26-21)23(15,4)18(16)7-9-22(17,24)3/h5-6,11,16-19,21H,7-10,12H2,1-4H3/t16-,17-,18-,19-,21+,22-,23-,24-/m0/s1. The molecule has 0 spiro atoms. The van der Waals surface area contributed by atoms with E-state index in [1.165, 1.54) is 6.92 Å². The van der Waals surface area contributed by atoms with Crippen LogP contribution in [0.3, 0.4) is 0 Å². The maximum absolute atomic E-state index is 12.8. The van der Waals surface area contributed by atoms with Crippen LogP contribution in [0.15, 0.2) is 34.0 Å². The lowest BCUT2D eigenvalue weighted by molar-refractivity contribution is -0.185. The van der Waals surface area contributed by atoms with Crippen LogP contribution >= 0.6 is 0 Å². The molecule has 6 nitrogen and oxygen atoms in total. The van der Waals surface area contributed by atoms with Crippen molar-refractivity contribution in [1.29, 1.82) is 0 Å². The van der Waals surface area contributed by atoms with E-state index < -0.39 is 5.60 Å². The molecule has 8 atom stereocenters. The first-order valence-electron chi connectivity index (χ1n) is 11.2. The van der Waals surface area contributed by atoms with Gasteiger partial charge in [0, 0.05) is 23.7 Å². The first-order chi connectivity index (χ1) is 14.1. The van der Waals surface area contributed by atoms with Crippen molar-refractivity contribution >= 4 is 17.5 Å². The molecule has 0 radical (unpaired) electrons. The maximum Gasteiger partial charge on any atom is 0.303 e. The zero-order valence-corrected chi connectivity index (χ0v) is 18.2. The molecule has 0 unspecified atom stereocenters. The van der Waals surface area contributed by atoms with Crippen LogP contribution in [0.25, 0.3) is 0 Å². The minimum absolute atomic E-state index is 0.0375. The minimum atomic E-state index is -1.03. The van der Waals surface area contributed by atoms with E-state index in [-0.39, 0.29) is 52.2 Å². The summed E-state index contributed by atoms with van der Waals surface area (Å²) in [5.74, 6) is 0.689. The van der Waals surface area contributed by atoms with E-state index in [0.29, 0.717) is 18.9 Å². The number of esters is 1. The molecule has 160 valence electrons. The molecule has 5 rings (SSSR count). The second-order valence-electron chi connectivity index (χ2n) is 10.4. The van der Waals surface area contributed by atoms with Crippen molar-refractivity contribution in [2.45, 2.75) is 65.0 Å². The highest BCUT2D eigenvalue weighted by Gasteiger charge is 2.68. The summed E-state index contributed by atoms with van der Waals surface area (Å²) in [5.41, 5.74) is -0.433. The summed E-state index contributed by atoms with van der Waals surface area (Å²) in [6.45, 7) is 8.02. The molecule has 0 aromatic heterocycles. The van der Waals surface area contributed by atoms with E-state index in [2.05, 4.69) is 36.2 Å². The largest absolute Gasteiger partial charge is 0.451 e. The highest BCUT2D eigenvalue weighted by atomic mass is 16.6. The highest BCUT2D eigenvalue weighted by molar-refractivity contribution is 5.97. The molecule has 0 aromatic carbocycles. The Labute approximate surface area is 177 Å². The number of azo groups is 1. The number of ether oxygens (including phenoxy) is 1. The van der Waals surface area contributed by atoms with Gasteiger partial charge in [0.25, 0.3) is 0 Å². The monoisotopic (exact) mass is 410 g/mol. The third-order valence-electron chi connectivity index (χ3n) is 9.45. The Kier molecular flexibility index (Phi) is 4.10. The molecular formula is C24H30N2O4. The number of carbonyl (C=O) groups is 3. The van der Waals surface area contributed by atoms with Gasteiger partial charge in [0.15, 0.2) is 17.2 Å². The van der Waals surface area contributed by atoms with Gasteiger partial charge in [-0.2, -0.15) is 10.2 Å². The fourth-order valence-electron chi connectivity index (χ4n) is 7.94. The van der Waals surface area contributed by atoms with Gasteiger partial charge in [-0.15, -0.1) is 0 Å². The van der Waals surface area contributed by atoms with Crippen LogP contribution in [-0.2, 0) is 19.1 Å². The van der Waals surface area contributed by atoms with E-state index in [9.17, 15) is 14.4 Å². The first kappa shape index (κ1) is 19.8. The summed E-state index contributed by atoms with van der Waals surface area (Å²) in [4.78, 5) is 37.4. The molecule has 6 heteroatoms. The molecule has 5 aliphatic rings. The van der Waals surface area contributed by atoms with Crippen LogP contribution in [0.4, 0.5) is 0 Å². The third kappa shape index (κ3) is 2.23. The van der Waals surface area contributed by atoms with Gasteiger partial charge >= 0.3 is 5.97 Å². The van der Waals surface area contributed by atoms with Crippen LogP contribution in [0.2, 0.25) is 0 Å². The van der Waals surface area contributed by atoms with E-state index in [1.807, 2.05) is 0 Å². The van der Waals surface area contributed by atoms with Crippen molar-refractivity contribution in [3.8, 4) is 0 Å². The lowest BCUT2D eigenvalue weighted by Crippen LogP contribution is -2.59. The summed E-state index contributed by atoms with van der Waals surface area (Å²) in [6.07, 6.45) is 9.42. The average Bonchev–Trinajstić information content (AvgIpc) is 3.28. The Morgan fingerprint density at radius 2 is 1.83 bits per heavy atom. The number of hydrogen-bond acceptors (Lipinski definition) is 6. The van der Waals surface area contributed by atoms with Crippen molar-refractivity contribution in [3.05, 3.63) is 23.8 Å². The maximum atomic E-state index is 12.8. The van der Waals surface area contributed by atoms with Crippen molar-refractivity contribution in [3.63, 3.8) is 0 Å². The predicted molar refractivity (Wildman–Crippen MR) is 110 cm³/mol. The van der Waals surface area contributed by atoms with E-state index in [1.54, 1.807) is 13.0 Å². The SMILES string of the molecule is CC(=O)O[C@]1(C(C)=O)CC[C@H]2[C@@H]3C=CC4=CC(=O)[C@@H]5N=NC[C@@H]5[C@]4(C)[C@H]3CC[C@@]21C. The van der Waals surface area contributed by atoms with Gasteiger partial charge in [0.1, 0.15) is 6.04 Å². The normalized spacial score (nSPS) is 48.3. The number of hydrogen-bond donors (Lipinski definition) is 0. The van der Waals surface area contributed by atoms with Crippen molar-refractivity contribution < 1.29 is 19.1 Å². The van der Waals surface area contributed by atoms with Crippen LogP contribution in [0, 0.1) is 34.5 Å². The van der Waals surface area contributed by atoms with Gasteiger partial charge in [-0.3, -0.25) is 14.4 Å². The minimum Gasteiger partial charge on any atom is -0.451 e. The second-order valence-corrected chi connectivity index (χ2v) is 10.4. The van der Waals surface area contributed by atoms with Crippen molar-refractivity contribution in [2.75, 3.05) is 6.54 Å². The number of ketones is 2. The smallest absolute Gasteiger partial charge is 0.303 e. The molecule has 4 aliphatic carbocycles. The number of allylic oxidation sites excluding steroid dienone is 3. The summed E-state index contributed by atoms with van der Waals surface area (Å²) < 4.78 is 5.83. The van der Waals surface area contributed by atoms with Gasteiger partial charge in [-0.1, -0.05) is 26.0 Å². The topological polar surface area (TPSA) is 85.2 Å². The van der Waals surface area contributed by atoms with Gasteiger partial charge in [-0.05, 0) is 62.0 Å². The molecule has 0 bridgehead atoms. The molecule has 0 amide bonds. The fraction of sp³-hybridized carbons (Fsp3) is 0.708. The number of Topliss-reactive ketones (excluding diaryl/α,β-unsaturated/α-hetero) is 1. The Bertz CT molecular complexity index is 935. The highest BCUT2D eigenvalue weighted by Crippen LogP contribution is 2.68. The van der Waals surface area contributed by atoms with Crippen molar-refractivity contribution in [2.24, 2.45) is 44.7 Å². The summed E-state index contributed by atoms with van der Waals surface area (Å²) in [6, 6.07) is -0.347. The van der Waals surface area contributed by atoms with Crippen LogP contribution in [-0.4, -0.2) is 35.7 Å². The molecule has 2 fully saturated rings. The molecular weight excluding hydrogens is 380 g/mol. The molecule has 1 heterocycles. The Morgan fingerprint density at radius 3 is 2.53 bits per heavy atom. The Hall–Kier alpha value is -2.11. The van der Waals surface area contributed by atoms with Crippen molar-refractivity contribution in [1.82, 2.24) is 0 Å². The molecule has 2 saturated carbocycles. The lowest BCUT2D eigenvalue weighted by Gasteiger charge is -2.58. The number of rotatable bonds is 2. The van der Waals surface area contributed by atoms with Gasteiger partial charge in [0.2, 0.25) is 0 Å². The van der Waals surface area contributed by atoms with E-state index >= 15 is 0 Å². The number of nitrogens with zero attached hydrogens (tertiary/aromatic N) is 2. The molecule has 0 N–H and O–H groups in total. The van der Waals surface area contributed by atoms with E-state index in [4.69, 9.17) is 4.74 Å². The second kappa shape index (κ2) is 6.21. The zero-order chi connectivity index (χ0) is 21.5. The Morgan fingerprint density at radius 1 is 1.10 bits per heavy atom. The van der Waals surface area contributed by atoms with Gasteiger partial charge in [-0.25, -0.2) is 0 Å². The van der Waals surface area contributed by atoms with Gasteiger partial charge in [0.05, 0.1) is 6.54 Å². The van der Waals surface area contributed by atoms with Crippen LogP contribution < -0.4 is 0 Å². The number of fused-ring (bicyclic) bond motifs is 7. The van der Waals surface area contributed by atoms with Crippen LogP contribution in [0.1, 0.15) is 53.4 Å². The first-order valence-corrected chi connectivity index (χ1v) is 11.2. The zero-order valence-electron chi connectivity index (χ0n) is 18.2. The summed E-state index contributed by atoms with van der Waals surface area (Å²) in [5, 5.41) is 8.53. The quantitative estimate of drug-likeness (QED) is 0.647. The fourth-order valence-corrected chi connectivity index (χ4v) is 7.94. The van der Waals surface area contributed by atoms with Crippen LogP contribution in [0.5, 0.6) is 0 Å². The number of carbonyl (C=O) groups excluding carboxylic acids is 3. The summed E-state index contributed by atoms with van der Waals surface area (Å²) in [7, 11) is 0. The lowest BCUT2D eigenvalue weighted by atomic mass is 9.45. The Balaban J connectivity index is 1.57. The van der Waals surface area contributed by atoms with E-state index in [0.717, 1.165) is 24.8 Å². The molecule has 0 saturated heterocycles. The third-order valence-corrected chi connectivity index (χ3v) is 9.45. The summed E-state index contributed by atoms with van der Waals surface area (Å²) >= 11 is 0. The predicted octanol–water partition coefficient (Wildman–Crippen LogP) is 3.86. The van der Waals surface area contributed by atoms with Gasteiger partial charge < -0.3 is 4.74 Å². The molecule has 0 aromatic rings. The molecule has 1 aliphatic heterocycles.